The molecule has 1 saturated carbocycles. The van der Waals surface area contributed by atoms with E-state index in [1.165, 1.54) is 18.4 Å². The third-order valence-electron chi connectivity index (χ3n) is 7.74. The number of aromatic nitrogens is 2. The van der Waals surface area contributed by atoms with Crippen molar-refractivity contribution >= 4 is 47.4 Å². The van der Waals surface area contributed by atoms with Gasteiger partial charge < -0.3 is 15.6 Å². The number of nitrogens with one attached hydrogen (secondary N) is 1. The molecule has 1 aliphatic heterocycles. The van der Waals surface area contributed by atoms with Gasteiger partial charge in [0.15, 0.2) is 0 Å². The Labute approximate surface area is 212 Å². The van der Waals surface area contributed by atoms with Gasteiger partial charge in [-0.15, -0.1) is 24.8 Å². The molecule has 2 fully saturated rings. The van der Waals surface area contributed by atoms with Crippen LogP contribution in [0.25, 0.3) is 11.0 Å². The van der Waals surface area contributed by atoms with Crippen molar-refractivity contribution < 1.29 is 0 Å². The van der Waals surface area contributed by atoms with Gasteiger partial charge in [0.05, 0.1) is 11.0 Å². The van der Waals surface area contributed by atoms with Crippen LogP contribution in [0.4, 0.5) is 0 Å². The van der Waals surface area contributed by atoms with E-state index >= 15 is 0 Å². The van der Waals surface area contributed by atoms with E-state index in [2.05, 4.69) is 22.0 Å². The molecule has 180 valence electrons. The van der Waals surface area contributed by atoms with Gasteiger partial charge in [-0.2, -0.15) is 0 Å². The lowest BCUT2D eigenvalue weighted by Crippen LogP contribution is -2.48. The third kappa shape index (κ3) is 4.98. The van der Waals surface area contributed by atoms with Crippen LogP contribution in [0.2, 0.25) is 5.02 Å². The highest BCUT2D eigenvalue weighted by atomic mass is 35.5. The van der Waals surface area contributed by atoms with Crippen molar-refractivity contribution in [1.29, 1.82) is 0 Å². The molecule has 0 radical (unpaired) electrons. The van der Waals surface area contributed by atoms with E-state index in [1.807, 2.05) is 41.0 Å². The Morgan fingerprint density at radius 3 is 2.33 bits per heavy atom. The zero-order chi connectivity index (χ0) is 21.4. The van der Waals surface area contributed by atoms with Gasteiger partial charge in [-0.25, -0.2) is 4.79 Å². The maximum atomic E-state index is 12.6. The maximum Gasteiger partial charge on any atom is 0.326 e. The summed E-state index contributed by atoms with van der Waals surface area (Å²) < 4.78 is 1.98. The van der Waals surface area contributed by atoms with E-state index < -0.39 is 0 Å². The van der Waals surface area contributed by atoms with E-state index in [0.29, 0.717) is 12.6 Å². The Morgan fingerprint density at radius 1 is 0.970 bits per heavy atom. The quantitative estimate of drug-likeness (QED) is 0.499. The normalized spacial score (nSPS) is 24.2. The Kier molecular flexibility index (Phi) is 8.57. The Hall–Kier alpha value is -1.50. The molecule has 2 heterocycles. The van der Waals surface area contributed by atoms with Crippen molar-refractivity contribution in [3.05, 3.63) is 69.6 Å². The molecule has 0 bridgehead atoms. The number of fused-ring (bicyclic) bond motifs is 1. The summed E-state index contributed by atoms with van der Waals surface area (Å²) in [6, 6.07) is 17.1. The first-order chi connectivity index (χ1) is 15.1. The molecule has 1 aromatic heterocycles. The molecule has 3 aromatic rings. The van der Waals surface area contributed by atoms with Crippen LogP contribution in [0.15, 0.2) is 53.3 Å². The van der Waals surface area contributed by atoms with Crippen molar-refractivity contribution in [3.8, 4) is 0 Å². The number of piperidine rings is 1. The zero-order valence-electron chi connectivity index (χ0n) is 18.7. The summed E-state index contributed by atoms with van der Waals surface area (Å²) in [6.45, 7) is 2.77. The number of H-pyrrole nitrogens is 1. The molecule has 2 aromatic carbocycles. The molecule has 0 spiro atoms. The topological polar surface area (TPSA) is 67.0 Å². The molecule has 2 aliphatic rings. The summed E-state index contributed by atoms with van der Waals surface area (Å²) in [6.07, 6.45) is 6.60. The molecule has 3 N–H and O–H groups in total. The molecular weight excluding hydrogens is 479 g/mol. The third-order valence-corrected chi connectivity index (χ3v) is 7.98. The van der Waals surface area contributed by atoms with Gasteiger partial charge in [-0.1, -0.05) is 35.9 Å². The minimum Gasteiger partial charge on any atom is -0.330 e. The molecule has 0 atom stereocenters. The van der Waals surface area contributed by atoms with Crippen molar-refractivity contribution in [3.63, 3.8) is 0 Å². The number of rotatable bonds is 4. The fraction of sp³-hybridized carbons (Fsp3) is 0.480. The molecule has 1 aliphatic carbocycles. The van der Waals surface area contributed by atoms with E-state index in [0.717, 1.165) is 54.8 Å². The summed E-state index contributed by atoms with van der Waals surface area (Å²) in [5.74, 6) is 0. The Balaban J connectivity index is 0.00000153. The van der Waals surface area contributed by atoms with Crippen molar-refractivity contribution in [2.75, 3.05) is 19.6 Å². The summed E-state index contributed by atoms with van der Waals surface area (Å²) in [4.78, 5) is 18.2. The smallest absolute Gasteiger partial charge is 0.326 e. The predicted molar refractivity (Wildman–Crippen MR) is 141 cm³/mol. The second kappa shape index (κ2) is 10.8. The number of para-hydroxylation sites is 2. The standard InChI is InChI=1S/C25H31ClN4O.2ClH/c26-19-5-3-4-18(16-19)25(17-27)12-8-20(9-13-25)29-14-10-21(11-15-29)30-23-7-2-1-6-22(23)28-24(30)31;;/h1-7,16,20-21H,8-15,17,27H2,(H,28,31);2*1H/t20-,25+;;. The van der Waals surface area contributed by atoms with Crippen LogP contribution < -0.4 is 11.4 Å². The summed E-state index contributed by atoms with van der Waals surface area (Å²) in [5, 5.41) is 0.794. The van der Waals surface area contributed by atoms with Gasteiger partial charge in [0, 0.05) is 42.2 Å². The molecule has 33 heavy (non-hydrogen) atoms. The van der Waals surface area contributed by atoms with Gasteiger partial charge in [-0.3, -0.25) is 4.57 Å². The second-order valence-corrected chi connectivity index (χ2v) is 9.75. The number of likely N-dealkylation sites (tertiary alicyclic amines) is 1. The average Bonchev–Trinajstić information content (AvgIpc) is 3.15. The van der Waals surface area contributed by atoms with Crippen molar-refractivity contribution in [2.45, 2.75) is 56.0 Å². The molecule has 0 amide bonds. The van der Waals surface area contributed by atoms with Gasteiger partial charge in [0.1, 0.15) is 0 Å². The number of nitrogens with two attached hydrogens (primary N) is 1. The number of hydrogen-bond donors (Lipinski definition) is 2. The van der Waals surface area contributed by atoms with Crippen LogP contribution in [-0.2, 0) is 5.41 Å². The van der Waals surface area contributed by atoms with Gasteiger partial charge in [-0.05, 0) is 68.4 Å². The van der Waals surface area contributed by atoms with E-state index in [4.69, 9.17) is 17.3 Å². The zero-order valence-corrected chi connectivity index (χ0v) is 21.1. The minimum atomic E-state index is 0. The highest BCUT2D eigenvalue weighted by molar-refractivity contribution is 6.30. The minimum absolute atomic E-state index is 0. The number of nitrogens with zero attached hydrogens (tertiary/aromatic N) is 2. The van der Waals surface area contributed by atoms with Gasteiger partial charge >= 0.3 is 5.69 Å². The monoisotopic (exact) mass is 510 g/mol. The Morgan fingerprint density at radius 2 is 1.67 bits per heavy atom. The lowest BCUT2D eigenvalue weighted by atomic mass is 9.68. The fourth-order valence-electron chi connectivity index (χ4n) is 5.90. The average molecular weight is 512 g/mol. The lowest BCUT2D eigenvalue weighted by molar-refractivity contribution is 0.0895. The number of hydrogen-bond acceptors (Lipinski definition) is 3. The first-order valence-corrected chi connectivity index (χ1v) is 11.9. The largest absolute Gasteiger partial charge is 0.330 e. The van der Waals surface area contributed by atoms with E-state index in [9.17, 15) is 4.79 Å². The van der Waals surface area contributed by atoms with Crippen LogP contribution in [0.5, 0.6) is 0 Å². The molecule has 0 unspecified atom stereocenters. The first kappa shape index (κ1) is 26.1. The summed E-state index contributed by atoms with van der Waals surface area (Å²) in [5.41, 5.74) is 9.60. The van der Waals surface area contributed by atoms with E-state index in [-0.39, 0.29) is 42.0 Å². The second-order valence-electron chi connectivity index (χ2n) is 9.31. The predicted octanol–water partition coefficient (Wildman–Crippen LogP) is 5.30. The van der Waals surface area contributed by atoms with E-state index in [1.54, 1.807) is 0 Å². The number of aromatic amines is 1. The molecule has 5 nitrogen and oxygen atoms in total. The van der Waals surface area contributed by atoms with Crippen molar-refractivity contribution in [2.24, 2.45) is 5.73 Å². The highest BCUT2D eigenvalue weighted by Gasteiger charge is 2.38. The van der Waals surface area contributed by atoms with Crippen molar-refractivity contribution in [1.82, 2.24) is 14.5 Å². The Bertz CT molecular complexity index is 1110. The van der Waals surface area contributed by atoms with Crippen LogP contribution in [0.3, 0.4) is 0 Å². The summed E-state index contributed by atoms with van der Waals surface area (Å²) in [7, 11) is 0. The SMILES string of the molecule is Cl.Cl.NC[C@]1(c2cccc(Cl)c2)CC[C@@H](N2CCC(n3c(=O)[nH]c4ccccc43)CC2)CC1. The van der Waals surface area contributed by atoms with Crippen LogP contribution in [0.1, 0.15) is 50.1 Å². The first-order valence-electron chi connectivity index (χ1n) is 11.5. The number of imidazole rings is 1. The maximum absolute atomic E-state index is 12.6. The molecular formula is C25H33Cl3N4O. The van der Waals surface area contributed by atoms with Crippen LogP contribution in [0, 0.1) is 0 Å². The molecule has 5 rings (SSSR count). The molecule has 1 saturated heterocycles. The van der Waals surface area contributed by atoms with Crippen LogP contribution in [-0.4, -0.2) is 40.1 Å². The lowest BCUT2D eigenvalue weighted by Gasteiger charge is -2.45. The number of halogens is 3. The van der Waals surface area contributed by atoms with Gasteiger partial charge in [0.25, 0.3) is 0 Å². The summed E-state index contributed by atoms with van der Waals surface area (Å²) >= 11 is 6.26. The number of benzene rings is 2. The highest BCUT2D eigenvalue weighted by Crippen LogP contribution is 2.41. The fourth-order valence-corrected chi connectivity index (χ4v) is 6.09. The molecule has 8 heteroatoms. The van der Waals surface area contributed by atoms with Crippen LogP contribution >= 0.6 is 36.4 Å². The van der Waals surface area contributed by atoms with Gasteiger partial charge in [0.2, 0.25) is 0 Å².